The van der Waals surface area contributed by atoms with Crippen molar-refractivity contribution in [2.45, 2.75) is 32.4 Å². The molecule has 1 aromatic carbocycles. The molecule has 0 aliphatic carbocycles. The van der Waals surface area contributed by atoms with Crippen LogP contribution < -0.4 is 4.74 Å². The highest BCUT2D eigenvalue weighted by molar-refractivity contribution is 8.00. The van der Waals surface area contributed by atoms with E-state index < -0.39 is 0 Å². The van der Waals surface area contributed by atoms with Gasteiger partial charge in [-0.15, -0.1) is 11.3 Å². The van der Waals surface area contributed by atoms with Gasteiger partial charge in [0.25, 0.3) is 0 Å². The summed E-state index contributed by atoms with van der Waals surface area (Å²) < 4.78 is 10.7. The molecule has 0 aliphatic rings. The van der Waals surface area contributed by atoms with Crippen molar-refractivity contribution in [3.8, 4) is 5.75 Å². The second kappa shape index (κ2) is 8.70. The molecule has 0 aliphatic heterocycles. The third-order valence-corrected chi connectivity index (χ3v) is 6.41. The molecule has 0 fully saturated rings. The van der Waals surface area contributed by atoms with E-state index in [0.717, 1.165) is 20.8 Å². The average molecular weight is 417 g/mol. The third kappa shape index (κ3) is 4.34. The van der Waals surface area contributed by atoms with Crippen LogP contribution in [-0.4, -0.2) is 34.6 Å². The van der Waals surface area contributed by atoms with Gasteiger partial charge in [0.2, 0.25) is 0 Å². The molecule has 0 radical (unpaired) electrons. The Labute approximate surface area is 171 Å². The number of Topliss-reactive ketones (excluding diaryl/α,β-unsaturated/α-hetero) is 1. The van der Waals surface area contributed by atoms with E-state index in [9.17, 15) is 9.59 Å². The number of hydrogen-bond donors (Lipinski definition) is 0. The summed E-state index contributed by atoms with van der Waals surface area (Å²) >= 11 is 2.95. The van der Waals surface area contributed by atoms with Gasteiger partial charge in [-0.25, -0.2) is 9.97 Å². The zero-order valence-electron chi connectivity index (χ0n) is 16.1. The van der Waals surface area contributed by atoms with Gasteiger partial charge in [-0.1, -0.05) is 11.8 Å². The summed E-state index contributed by atoms with van der Waals surface area (Å²) in [5.74, 6) is 0.291. The molecule has 0 N–H and O–H groups in total. The molecule has 0 bridgehead atoms. The van der Waals surface area contributed by atoms with E-state index in [1.807, 2.05) is 13.8 Å². The van der Waals surface area contributed by atoms with E-state index in [2.05, 4.69) is 9.97 Å². The molecule has 2 heterocycles. The maximum absolute atomic E-state index is 12.2. The fourth-order valence-electron chi connectivity index (χ4n) is 2.70. The second-order valence-corrected chi connectivity index (χ2v) is 8.34. The molecule has 6 nitrogen and oxygen atoms in total. The van der Waals surface area contributed by atoms with Gasteiger partial charge in [0, 0.05) is 21.4 Å². The Morgan fingerprint density at radius 1 is 1.21 bits per heavy atom. The van der Waals surface area contributed by atoms with Crippen LogP contribution in [0.3, 0.4) is 0 Å². The number of aryl methyl sites for hydroxylation is 2. The number of carbonyl (C=O) groups excluding carboxylic acids is 2. The number of hydrogen-bond acceptors (Lipinski definition) is 8. The molecule has 2 aromatic heterocycles. The molecule has 0 atom stereocenters. The van der Waals surface area contributed by atoms with Crippen LogP contribution in [0.15, 0.2) is 29.6 Å². The first kappa shape index (κ1) is 20.3. The lowest BCUT2D eigenvalue weighted by Crippen LogP contribution is -2.09. The van der Waals surface area contributed by atoms with Crippen LogP contribution in [0.2, 0.25) is 0 Å². The minimum atomic E-state index is -0.364. The Morgan fingerprint density at radius 2 is 2.00 bits per heavy atom. The average Bonchev–Trinajstić information content (AvgIpc) is 2.98. The first-order valence-corrected chi connectivity index (χ1v) is 10.4. The highest BCUT2D eigenvalue weighted by Crippen LogP contribution is 2.34. The fourth-order valence-corrected chi connectivity index (χ4v) is 4.61. The van der Waals surface area contributed by atoms with E-state index in [4.69, 9.17) is 9.47 Å². The highest BCUT2D eigenvalue weighted by atomic mass is 32.2. The summed E-state index contributed by atoms with van der Waals surface area (Å²) in [6.45, 7) is 5.62. The lowest BCUT2D eigenvalue weighted by molar-refractivity contribution is -0.141. The summed E-state index contributed by atoms with van der Waals surface area (Å²) in [5, 5.41) is 1.78. The molecule has 0 saturated heterocycles. The molecule has 0 saturated carbocycles. The predicted octanol–water partition coefficient (Wildman–Crippen LogP) is 4.35. The normalized spacial score (nSPS) is 10.9. The van der Waals surface area contributed by atoms with Crippen LogP contribution in [0.5, 0.6) is 5.75 Å². The molecule has 0 unspecified atom stereocenters. The van der Waals surface area contributed by atoms with Crippen molar-refractivity contribution < 1.29 is 19.1 Å². The largest absolute Gasteiger partial charge is 0.496 e. The van der Waals surface area contributed by atoms with Gasteiger partial charge in [0.15, 0.2) is 5.78 Å². The van der Waals surface area contributed by atoms with Gasteiger partial charge in [0.1, 0.15) is 28.5 Å². The number of carbonyl (C=O) groups is 2. The summed E-state index contributed by atoms with van der Waals surface area (Å²) in [5.41, 5.74) is 2.34. The van der Waals surface area contributed by atoms with Gasteiger partial charge >= 0.3 is 5.97 Å². The molecular weight excluding hydrogens is 396 g/mol. The second-order valence-electron chi connectivity index (χ2n) is 6.17. The van der Waals surface area contributed by atoms with Gasteiger partial charge in [-0.3, -0.25) is 9.59 Å². The lowest BCUT2D eigenvalue weighted by atomic mass is 10.1. The van der Waals surface area contributed by atoms with Gasteiger partial charge in [-0.2, -0.15) is 0 Å². The number of benzene rings is 1. The van der Waals surface area contributed by atoms with Crippen LogP contribution >= 0.6 is 23.1 Å². The van der Waals surface area contributed by atoms with E-state index in [1.54, 1.807) is 29.5 Å². The van der Waals surface area contributed by atoms with Crippen molar-refractivity contribution in [1.29, 1.82) is 0 Å². The number of methoxy groups -OCH3 is 1. The van der Waals surface area contributed by atoms with Gasteiger partial charge in [0.05, 0.1) is 12.9 Å². The van der Waals surface area contributed by atoms with Crippen LogP contribution in [0.1, 0.15) is 33.3 Å². The summed E-state index contributed by atoms with van der Waals surface area (Å²) in [7, 11) is 1.54. The molecule has 0 spiro atoms. The predicted molar refractivity (Wildman–Crippen MR) is 110 cm³/mol. The van der Waals surface area contributed by atoms with Crippen LogP contribution in [0.4, 0.5) is 0 Å². The minimum absolute atomic E-state index is 0.0411. The first-order chi connectivity index (χ1) is 13.4. The number of rotatable bonds is 7. The Balaban J connectivity index is 1.66. The Morgan fingerprint density at radius 3 is 2.71 bits per heavy atom. The third-order valence-electron chi connectivity index (χ3n) is 4.33. The van der Waals surface area contributed by atoms with Crippen molar-refractivity contribution in [3.05, 3.63) is 46.1 Å². The van der Waals surface area contributed by atoms with Crippen molar-refractivity contribution >= 4 is 45.1 Å². The number of aromatic nitrogens is 2. The smallest absolute Gasteiger partial charge is 0.316 e. The number of thiophene rings is 1. The summed E-state index contributed by atoms with van der Waals surface area (Å²) in [6, 6.07) is 5.08. The van der Waals surface area contributed by atoms with Crippen molar-refractivity contribution in [2.75, 3.05) is 12.9 Å². The number of ketones is 1. The zero-order valence-corrected chi connectivity index (χ0v) is 17.7. The van der Waals surface area contributed by atoms with Crippen molar-refractivity contribution in [1.82, 2.24) is 9.97 Å². The summed E-state index contributed by atoms with van der Waals surface area (Å²) in [4.78, 5) is 34.6. The number of ether oxygens (including phenoxy) is 2. The standard InChI is InChI=1S/C20H20N2O4S2/c1-11-13(3)28-20-18(11)19(21-10-22-20)27-9-17(24)26-8-15-7-14(12(2)23)5-6-16(15)25-4/h5-7,10H,8-9H2,1-4H3. The maximum Gasteiger partial charge on any atom is 0.316 e. The van der Waals surface area contributed by atoms with Gasteiger partial charge < -0.3 is 9.47 Å². The molecule has 28 heavy (non-hydrogen) atoms. The lowest BCUT2D eigenvalue weighted by Gasteiger charge is -2.10. The van der Waals surface area contributed by atoms with Crippen LogP contribution in [0, 0.1) is 13.8 Å². The quantitative estimate of drug-likeness (QED) is 0.245. The number of thioether (sulfide) groups is 1. The van der Waals surface area contributed by atoms with E-state index in [0.29, 0.717) is 16.9 Å². The van der Waals surface area contributed by atoms with Gasteiger partial charge in [-0.05, 0) is 44.5 Å². The molecule has 3 rings (SSSR count). The Hall–Kier alpha value is -2.45. The molecule has 3 aromatic rings. The summed E-state index contributed by atoms with van der Waals surface area (Å²) in [6.07, 6.45) is 1.52. The van der Waals surface area contributed by atoms with E-state index in [1.165, 1.54) is 37.0 Å². The van der Waals surface area contributed by atoms with Crippen molar-refractivity contribution in [2.24, 2.45) is 0 Å². The van der Waals surface area contributed by atoms with Crippen molar-refractivity contribution in [3.63, 3.8) is 0 Å². The number of esters is 1. The molecule has 8 heteroatoms. The minimum Gasteiger partial charge on any atom is -0.496 e. The SMILES string of the molecule is COc1ccc(C(C)=O)cc1COC(=O)CSc1ncnc2sc(C)c(C)c12. The van der Waals surface area contributed by atoms with Crippen LogP contribution in [-0.2, 0) is 16.1 Å². The van der Waals surface area contributed by atoms with Crippen LogP contribution in [0.25, 0.3) is 10.2 Å². The maximum atomic E-state index is 12.2. The molecule has 0 amide bonds. The molecular formula is C20H20N2O4S2. The zero-order chi connectivity index (χ0) is 20.3. The Bertz CT molecular complexity index is 1050. The number of fused-ring (bicyclic) bond motifs is 1. The fraction of sp³-hybridized carbons (Fsp3) is 0.300. The molecule has 146 valence electrons. The monoisotopic (exact) mass is 416 g/mol. The first-order valence-electron chi connectivity index (χ1n) is 8.57. The van der Waals surface area contributed by atoms with E-state index in [-0.39, 0.29) is 24.1 Å². The number of nitrogens with zero attached hydrogens (tertiary/aromatic N) is 2. The van der Waals surface area contributed by atoms with E-state index >= 15 is 0 Å². The highest BCUT2D eigenvalue weighted by Gasteiger charge is 2.15. The topological polar surface area (TPSA) is 78.4 Å². The Kier molecular flexibility index (Phi) is 6.31.